The molecule has 0 saturated carbocycles. The Morgan fingerprint density at radius 3 is 2.53 bits per heavy atom. The Hall–Kier alpha value is -1.22. The van der Waals surface area contributed by atoms with Crippen LogP contribution < -0.4 is 0 Å². The van der Waals surface area contributed by atoms with Gasteiger partial charge >= 0.3 is 0 Å². The van der Waals surface area contributed by atoms with E-state index in [-0.39, 0.29) is 11.7 Å². The van der Waals surface area contributed by atoms with Gasteiger partial charge in [0.25, 0.3) is 0 Å². The molecule has 92 valence electrons. The van der Waals surface area contributed by atoms with Gasteiger partial charge in [0.1, 0.15) is 6.17 Å². The Balaban J connectivity index is 2.09. The molecule has 1 aromatic rings. The third-order valence-corrected chi connectivity index (χ3v) is 3.48. The summed E-state index contributed by atoms with van der Waals surface area (Å²) in [6, 6.07) is 6.89. The molecular formula is C14H18FNO. The Bertz CT molecular complexity index is 401. The zero-order valence-electron chi connectivity index (χ0n) is 10.3. The van der Waals surface area contributed by atoms with E-state index in [0.29, 0.717) is 11.1 Å². The lowest BCUT2D eigenvalue weighted by Gasteiger charge is -2.16. The highest BCUT2D eigenvalue weighted by atomic mass is 19.1. The molecule has 1 aliphatic rings. The minimum Gasteiger partial charge on any atom is -0.306 e. The summed E-state index contributed by atoms with van der Waals surface area (Å²) in [6.45, 7) is 3.31. The van der Waals surface area contributed by atoms with Gasteiger partial charge in [0.15, 0.2) is 5.78 Å². The van der Waals surface area contributed by atoms with Crippen LogP contribution in [0.25, 0.3) is 0 Å². The Labute approximate surface area is 101 Å². The number of hydrogen-bond donors (Lipinski definition) is 0. The predicted octanol–water partition coefficient (Wildman–Crippen LogP) is 2.85. The summed E-state index contributed by atoms with van der Waals surface area (Å²) < 4.78 is 14.2. The van der Waals surface area contributed by atoms with E-state index < -0.39 is 6.17 Å². The summed E-state index contributed by atoms with van der Waals surface area (Å²) in [5.41, 5.74) is 1.33. The molecular weight excluding hydrogens is 217 g/mol. The molecule has 0 N–H and O–H groups in total. The largest absolute Gasteiger partial charge is 0.306 e. The highest BCUT2D eigenvalue weighted by molar-refractivity contribution is 5.94. The number of nitrogens with zero attached hydrogens (tertiary/aromatic N) is 1. The van der Waals surface area contributed by atoms with Crippen molar-refractivity contribution in [3.05, 3.63) is 35.4 Å². The monoisotopic (exact) mass is 235 g/mol. The second-order valence-corrected chi connectivity index (χ2v) is 4.89. The summed E-state index contributed by atoms with van der Waals surface area (Å²) in [4.78, 5) is 13.3. The Morgan fingerprint density at radius 1 is 1.41 bits per heavy atom. The highest BCUT2D eigenvalue weighted by Crippen LogP contribution is 2.32. The maximum atomic E-state index is 14.2. The van der Waals surface area contributed by atoms with Gasteiger partial charge in [0, 0.05) is 18.0 Å². The smallest absolute Gasteiger partial charge is 0.159 e. The zero-order valence-corrected chi connectivity index (χ0v) is 10.3. The van der Waals surface area contributed by atoms with Crippen molar-refractivity contribution in [1.29, 1.82) is 0 Å². The standard InChI is InChI=1S/C14H18FNO/c1-10(17)11-3-5-12(6-4-11)14(15)13-7-8-16(2)9-13/h3-6,13-14H,7-9H2,1-2H3. The van der Waals surface area contributed by atoms with E-state index in [1.807, 2.05) is 7.05 Å². The van der Waals surface area contributed by atoms with Crippen LogP contribution in [0.1, 0.15) is 35.4 Å². The second-order valence-electron chi connectivity index (χ2n) is 4.89. The summed E-state index contributed by atoms with van der Waals surface area (Å²) in [6.07, 6.45) is -0.00692. The van der Waals surface area contributed by atoms with Crippen molar-refractivity contribution in [2.75, 3.05) is 20.1 Å². The average Bonchev–Trinajstić information content (AvgIpc) is 2.75. The molecule has 17 heavy (non-hydrogen) atoms. The fraction of sp³-hybridized carbons (Fsp3) is 0.500. The van der Waals surface area contributed by atoms with Crippen molar-refractivity contribution >= 4 is 5.78 Å². The minimum absolute atomic E-state index is 0.0209. The fourth-order valence-electron chi connectivity index (χ4n) is 2.38. The van der Waals surface area contributed by atoms with Crippen LogP contribution >= 0.6 is 0 Å². The first kappa shape index (κ1) is 12.2. The van der Waals surface area contributed by atoms with Crippen LogP contribution in [0.5, 0.6) is 0 Å². The number of alkyl halides is 1. The topological polar surface area (TPSA) is 20.3 Å². The van der Waals surface area contributed by atoms with Crippen molar-refractivity contribution in [2.24, 2.45) is 5.92 Å². The van der Waals surface area contributed by atoms with E-state index in [2.05, 4.69) is 4.90 Å². The molecule has 2 unspecified atom stereocenters. The summed E-state index contributed by atoms with van der Waals surface area (Å²) in [5.74, 6) is 0.107. The number of carbonyl (C=O) groups is 1. The van der Waals surface area contributed by atoms with Crippen LogP contribution in [-0.2, 0) is 0 Å². The molecule has 0 amide bonds. The summed E-state index contributed by atoms with van der Waals surface area (Å²) >= 11 is 0. The zero-order chi connectivity index (χ0) is 12.4. The quantitative estimate of drug-likeness (QED) is 0.751. The lowest BCUT2D eigenvalue weighted by atomic mass is 9.95. The number of likely N-dealkylation sites (tertiary alicyclic amines) is 1. The molecule has 3 heteroatoms. The summed E-state index contributed by atoms with van der Waals surface area (Å²) in [5, 5.41) is 0. The van der Waals surface area contributed by atoms with Gasteiger partial charge in [-0.2, -0.15) is 0 Å². The third kappa shape index (κ3) is 2.72. The van der Waals surface area contributed by atoms with Crippen molar-refractivity contribution in [1.82, 2.24) is 4.90 Å². The molecule has 0 aliphatic carbocycles. The Morgan fingerprint density at radius 2 is 2.06 bits per heavy atom. The number of benzene rings is 1. The maximum Gasteiger partial charge on any atom is 0.159 e. The lowest BCUT2D eigenvalue weighted by Crippen LogP contribution is -2.16. The van der Waals surface area contributed by atoms with E-state index in [0.717, 1.165) is 19.5 Å². The Kier molecular flexibility index (Phi) is 3.57. The molecule has 0 bridgehead atoms. The van der Waals surface area contributed by atoms with E-state index in [4.69, 9.17) is 0 Å². The van der Waals surface area contributed by atoms with Crippen LogP contribution in [0.4, 0.5) is 4.39 Å². The molecule has 0 aromatic heterocycles. The first-order valence-electron chi connectivity index (χ1n) is 6.01. The third-order valence-electron chi connectivity index (χ3n) is 3.48. The van der Waals surface area contributed by atoms with Gasteiger partial charge in [-0.25, -0.2) is 4.39 Å². The first-order valence-corrected chi connectivity index (χ1v) is 6.01. The fourth-order valence-corrected chi connectivity index (χ4v) is 2.38. The number of halogens is 1. The molecule has 2 atom stereocenters. The number of hydrogen-bond acceptors (Lipinski definition) is 2. The van der Waals surface area contributed by atoms with E-state index in [1.54, 1.807) is 24.3 Å². The van der Waals surface area contributed by atoms with Crippen molar-refractivity contribution < 1.29 is 9.18 Å². The number of rotatable bonds is 3. The normalized spacial score (nSPS) is 22.6. The van der Waals surface area contributed by atoms with Crippen LogP contribution in [0.2, 0.25) is 0 Å². The molecule has 2 rings (SSSR count). The lowest BCUT2D eigenvalue weighted by molar-refractivity contribution is 0.101. The van der Waals surface area contributed by atoms with Gasteiger partial charge in [0.2, 0.25) is 0 Å². The molecule has 1 heterocycles. The van der Waals surface area contributed by atoms with Crippen molar-refractivity contribution in [3.63, 3.8) is 0 Å². The molecule has 1 fully saturated rings. The van der Waals surface area contributed by atoms with Crippen LogP contribution in [-0.4, -0.2) is 30.8 Å². The molecule has 0 radical (unpaired) electrons. The number of Topliss-reactive ketones (excluding diaryl/α,β-unsaturated/α-hetero) is 1. The highest BCUT2D eigenvalue weighted by Gasteiger charge is 2.28. The molecule has 2 nitrogen and oxygen atoms in total. The number of carbonyl (C=O) groups excluding carboxylic acids is 1. The van der Waals surface area contributed by atoms with E-state index >= 15 is 0 Å². The van der Waals surface area contributed by atoms with Crippen molar-refractivity contribution in [3.8, 4) is 0 Å². The van der Waals surface area contributed by atoms with Gasteiger partial charge < -0.3 is 4.90 Å². The van der Waals surface area contributed by atoms with Gasteiger partial charge in [0.05, 0.1) is 0 Å². The molecule has 0 spiro atoms. The SMILES string of the molecule is CC(=O)c1ccc(C(F)C2CCN(C)C2)cc1. The van der Waals surface area contributed by atoms with Crippen molar-refractivity contribution in [2.45, 2.75) is 19.5 Å². The van der Waals surface area contributed by atoms with Gasteiger partial charge in [-0.3, -0.25) is 4.79 Å². The minimum atomic E-state index is -0.916. The average molecular weight is 235 g/mol. The molecule has 1 aliphatic heterocycles. The van der Waals surface area contributed by atoms with Crippen LogP contribution in [0.3, 0.4) is 0 Å². The first-order chi connectivity index (χ1) is 8.08. The van der Waals surface area contributed by atoms with Gasteiger partial charge in [-0.05, 0) is 32.5 Å². The molecule has 1 saturated heterocycles. The van der Waals surface area contributed by atoms with E-state index in [1.165, 1.54) is 6.92 Å². The number of ketones is 1. The molecule has 1 aromatic carbocycles. The van der Waals surface area contributed by atoms with Gasteiger partial charge in [-0.1, -0.05) is 24.3 Å². The maximum absolute atomic E-state index is 14.2. The van der Waals surface area contributed by atoms with E-state index in [9.17, 15) is 9.18 Å². The van der Waals surface area contributed by atoms with Gasteiger partial charge in [-0.15, -0.1) is 0 Å². The predicted molar refractivity (Wildman–Crippen MR) is 65.9 cm³/mol. The van der Waals surface area contributed by atoms with Crippen LogP contribution in [0.15, 0.2) is 24.3 Å². The second kappa shape index (κ2) is 4.96. The summed E-state index contributed by atoms with van der Waals surface area (Å²) in [7, 11) is 2.02. The van der Waals surface area contributed by atoms with Crippen LogP contribution in [0, 0.1) is 5.92 Å².